The first-order valence-electron chi connectivity index (χ1n) is 6.65. The van der Waals surface area contributed by atoms with E-state index in [1.807, 2.05) is 6.92 Å². The van der Waals surface area contributed by atoms with Crippen molar-refractivity contribution >= 4 is 12.0 Å². The van der Waals surface area contributed by atoms with Gasteiger partial charge in [-0.05, 0) is 12.5 Å². The van der Waals surface area contributed by atoms with Gasteiger partial charge >= 0.3 is 12.0 Å². The minimum atomic E-state index is -1.12. The van der Waals surface area contributed by atoms with Gasteiger partial charge in [0.15, 0.2) is 0 Å². The zero-order valence-electron chi connectivity index (χ0n) is 11.7. The number of aliphatic carboxylic acids is 1. The zero-order valence-corrected chi connectivity index (χ0v) is 11.7. The fraction of sp³-hybridized carbons (Fsp3) is 0.429. The lowest BCUT2D eigenvalue weighted by molar-refractivity contribution is -0.139. The van der Waals surface area contributed by atoms with Gasteiger partial charge in [0.25, 0.3) is 0 Å². The molecular weight excluding hydrogens is 282 g/mol. The normalized spacial score (nSPS) is 11.8. The zero-order chi connectivity index (χ0) is 15.8. The molecule has 0 saturated heterocycles. The molecule has 1 aromatic carbocycles. The molecule has 0 aromatic heterocycles. The number of carbonyl (C=O) groups excluding carboxylic acids is 1. The number of carbonyl (C=O) groups is 2. The molecule has 7 heteroatoms. The molecule has 1 rings (SSSR count). The molecule has 0 saturated carbocycles. The molecule has 0 aliphatic heterocycles. The van der Waals surface area contributed by atoms with Crippen molar-refractivity contribution in [3.63, 3.8) is 0 Å². The first-order valence-corrected chi connectivity index (χ1v) is 6.65. The van der Waals surface area contributed by atoms with Crippen molar-refractivity contribution in [1.29, 1.82) is 0 Å². The van der Waals surface area contributed by atoms with Crippen LogP contribution in [-0.4, -0.2) is 23.1 Å². The van der Waals surface area contributed by atoms with Crippen LogP contribution < -0.4 is 10.6 Å². The lowest BCUT2D eigenvalue weighted by Crippen LogP contribution is -2.45. The van der Waals surface area contributed by atoms with Gasteiger partial charge in [0.2, 0.25) is 0 Å². The summed E-state index contributed by atoms with van der Waals surface area (Å²) < 4.78 is 26.1. The molecule has 0 bridgehead atoms. The van der Waals surface area contributed by atoms with Gasteiger partial charge in [-0.2, -0.15) is 0 Å². The van der Waals surface area contributed by atoms with Gasteiger partial charge in [-0.3, -0.25) is 0 Å². The lowest BCUT2D eigenvalue weighted by atomic mass is 10.1. The van der Waals surface area contributed by atoms with Crippen molar-refractivity contribution in [2.75, 3.05) is 0 Å². The van der Waals surface area contributed by atoms with Crippen molar-refractivity contribution < 1.29 is 23.5 Å². The fourth-order valence-corrected chi connectivity index (χ4v) is 1.72. The maximum Gasteiger partial charge on any atom is 0.326 e. The second-order valence-corrected chi connectivity index (χ2v) is 4.60. The van der Waals surface area contributed by atoms with Crippen LogP contribution in [0.25, 0.3) is 0 Å². The fourth-order valence-electron chi connectivity index (χ4n) is 1.72. The van der Waals surface area contributed by atoms with Crippen molar-refractivity contribution in [2.24, 2.45) is 0 Å². The van der Waals surface area contributed by atoms with E-state index in [1.54, 1.807) is 0 Å². The van der Waals surface area contributed by atoms with E-state index in [9.17, 15) is 18.4 Å². The Balaban J connectivity index is 2.50. The molecule has 0 fully saturated rings. The van der Waals surface area contributed by atoms with Crippen LogP contribution in [0.1, 0.15) is 31.7 Å². The summed E-state index contributed by atoms with van der Waals surface area (Å²) in [7, 11) is 0. The summed E-state index contributed by atoms with van der Waals surface area (Å²) in [6.07, 6.45) is 1.81. The molecule has 0 radical (unpaired) electrons. The summed E-state index contributed by atoms with van der Waals surface area (Å²) in [4.78, 5) is 22.6. The van der Waals surface area contributed by atoms with Gasteiger partial charge in [-0.15, -0.1) is 0 Å². The second-order valence-electron chi connectivity index (χ2n) is 4.60. The summed E-state index contributed by atoms with van der Waals surface area (Å²) in [6.45, 7) is 1.76. The van der Waals surface area contributed by atoms with E-state index >= 15 is 0 Å². The van der Waals surface area contributed by atoms with E-state index in [-0.39, 0.29) is 12.1 Å². The van der Waals surface area contributed by atoms with Crippen molar-refractivity contribution in [2.45, 2.75) is 38.8 Å². The van der Waals surface area contributed by atoms with Crippen LogP contribution in [-0.2, 0) is 11.3 Å². The third kappa shape index (κ3) is 5.76. The molecule has 3 N–H and O–H groups in total. The number of amides is 2. The van der Waals surface area contributed by atoms with Crippen LogP contribution in [0.5, 0.6) is 0 Å². The number of carboxylic acids is 1. The van der Waals surface area contributed by atoms with Gasteiger partial charge in [0, 0.05) is 18.2 Å². The Hall–Kier alpha value is -2.18. The topological polar surface area (TPSA) is 78.4 Å². The minimum absolute atomic E-state index is 0.118. The molecular formula is C14H18F2N2O3. The van der Waals surface area contributed by atoms with Gasteiger partial charge in [0.1, 0.15) is 17.7 Å². The second kappa shape index (κ2) is 8.18. The lowest BCUT2D eigenvalue weighted by Gasteiger charge is -2.15. The average molecular weight is 300 g/mol. The Morgan fingerprint density at radius 3 is 2.62 bits per heavy atom. The third-order valence-corrected chi connectivity index (χ3v) is 2.90. The molecule has 21 heavy (non-hydrogen) atoms. The molecule has 2 amide bonds. The van der Waals surface area contributed by atoms with Gasteiger partial charge in [0.05, 0.1) is 0 Å². The van der Waals surface area contributed by atoms with Gasteiger partial charge in [-0.25, -0.2) is 18.4 Å². The Morgan fingerprint density at radius 1 is 1.33 bits per heavy atom. The highest BCUT2D eigenvalue weighted by Gasteiger charge is 2.19. The number of halogens is 2. The van der Waals surface area contributed by atoms with E-state index in [1.165, 1.54) is 6.07 Å². The maximum atomic E-state index is 13.4. The number of urea groups is 1. The van der Waals surface area contributed by atoms with Crippen LogP contribution in [0.2, 0.25) is 0 Å². The Labute approximate surface area is 121 Å². The SMILES string of the molecule is CCCC[C@H](NC(=O)NCc1ccc(F)cc1F)C(=O)O. The number of nitrogens with one attached hydrogen (secondary N) is 2. The molecule has 5 nitrogen and oxygen atoms in total. The van der Waals surface area contributed by atoms with Crippen LogP contribution in [0.3, 0.4) is 0 Å². The molecule has 0 aliphatic carbocycles. The highest BCUT2D eigenvalue weighted by Crippen LogP contribution is 2.09. The van der Waals surface area contributed by atoms with Gasteiger partial charge in [-0.1, -0.05) is 25.8 Å². The van der Waals surface area contributed by atoms with E-state index in [4.69, 9.17) is 5.11 Å². The molecule has 0 unspecified atom stereocenters. The highest BCUT2D eigenvalue weighted by molar-refractivity contribution is 5.82. The smallest absolute Gasteiger partial charge is 0.326 e. The third-order valence-electron chi connectivity index (χ3n) is 2.90. The largest absolute Gasteiger partial charge is 0.480 e. The van der Waals surface area contributed by atoms with Gasteiger partial charge < -0.3 is 15.7 Å². The van der Waals surface area contributed by atoms with E-state index in [2.05, 4.69) is 10.6 Å². The monoisotopic (exact) mass is 300 g/mol. The van der Waals surface area contributed by atoms with E-state index in [0.717, 1.165) is 18.6 Å². The maximum absolute atomic E-state index is 13.4. The molecule has 0 heterocycles. The number of rotatable bonds is 7. The molecule has 0 spiro atoms. The predicted molar refractivity (Wildman–Crippen MR) is 72.7 cm³/mol. The summed E-state index contributed by atoms with van der Waals surface area (Å²) in [5.41, 5.74) is 0.118. The van der Waals surface area contributed by atoms with Crippen LogP contribution >= 0.6 is 0 Å². The first-order chi connectivity index (χ1) is 9.93. The molecule has 0 aliphatic rings. The standard InChI is InChI=1S/C14H18F2N2O3/c1-2-3-4-12(13(19)20)18-14(21)17-8-9-5-6-10(15)7-11(9)16/h5-7,12H,2-4,8H2,1H3,(H,19,20)(H2,17,18,21)/t12-/m0/s1. The predicted octanol–water partition coefficient (Wildman–Crippen LogP) is 2.41. The first kappa shape index (κ1) is 16.9. The summed E-state index contributed by atoms with van der Waals surface area (Å²) in [6, 6.07) is 1.33. The highest BCUT2D eigenvalue weighted by atomic mass is 19.1. The van der Waals surface area contributed by atoms with E-state index in [0.29, 0.717) is 12.8 Å². The number of hydrogen-bond donors (Lipinski definition) is 3. The molecule has 116 valence electrons. The Morgan fingerprint density at radius 2 is 2.05 bits per heavy atom. The Bertz CT molecular complexity index is 509. The number of unbranched alkanes of at least 4 members (excludes halogenated alkanes) is 1. The molecule has 1 aromatic rings. The van der Waals surface area contributed by atoms with Crippen molar-refractivity contribution in [3.05, 3.63) is 35.4 Å². The quantitative estimate of drug-likeness (QED) is 0.723. The number of carboxylic acid groups (broad SMARTS) is 1. The number of benzene rings is 1. The minimum Gasteiger partial charge on any atom is -0.480 e. The van der Waals surface area contributed by atoms with Crippen LogP contribution in [0, 0.1) is 11.6 Å². The Kier molecular flexibility index (Phi) is 6.58. The van der Waals surface area contributed by atoms with Crippen molar-refractivity contribution in [3.8, 4) is 0 Å². The van der Waals surface area contributed by atoms with Crippen LogP contribution in [0.15, 0.2) is 18.2 Å². The average Bonchev–Trinajstić information content (AvgIpc) is 2.42. The van der Waals surface area contributed by atoms with Crippen molar-refractivity contribution in [1.82, 2.24) is 10.6 Å². The molecule has 1 atom stereocenters. The summed E-state index contributed by atoms with van der Waals surface area (Å²) in [5.74, 6) is -2.59. The summed E-state index contributed by atoms with van der Waals surface area (Å²) >= 11 is 0. The van der Waals surface area contributed by atoms with Crippen LogP contribution in [0.4, 0.5) is 13.6 Å². The summed E-state index contributed by atoms with van der Waals surface area (Å²) in [5, 5.41) is 13.6. The van der Waals surface area contributed by atoms with E-state index < -0.39 is 29.7 Å². The number of hydrogen-bond acceptors (Lipinski definition) is 2.